The Morgan fingerprint density at radius 1 is 1.20 bits per heavy atom. The van der Waals surface area contributed by atoms with Crippen LogP contribution in [0.5, 0.6) is 0 Å². The maximum absolute atomic E-state index is 12.2. The third-order valence-electron chi connectivity index (χ3n) is 4.57. The topological polar surface area (TPSA) is 65.2 Å². The van der Waals surface area contributed by atoms with Gasteiger partial charge in [-0.05, 0) is 62.5 Å². The van der Waals surface area contributed by atoms with Gasteiger partial charge in [-0.2, -0.15) is 0 Å². The summed E-state index contributed by atoms with van der Waals surface area (Å²) in [5.74, 6) is 0.00273. The van der Waals surface area contributed by atoms with E-state index in [4.69, 9.17) is 0 Å². The molecule has 2 rings (SSSR count). The highest BCUT2D eigenvalue weighted by Crippen LogP contribution is 2.13. The minimum Gasteiger partial charge on any atom is -0.356 e. The van der Waals surface area contributed by atoms with Gasteiger partial charge in [0, 0.05) is 24.0 Å². The van der Waals surface area contributed by atoms with Gasteiger partial charge in [0.1, 0.15) is 0 Å². The molecule has 25 heavy (non-hydrogen) atoms. The first kappa shape index (κ1) is 19.2. The van der Waals surface area contributed by atoms with Crippen LogP contribution in [0.4, 0.5) is 0 Å². The van der Waals surface area contributed by atoms with Crippen LogP contribution < -0.4 is 10.9 Å². The highest BCUT2D eigenvalue weighted by Gasteiger charge is 2.07. The largest absolute Gasteiger partial charge is 0.356 e. The van der Waals surface area contributed by atoms with Gasteiger partial charge in [0.25, 0.3) is 5.56 Å². The van der Waals surface area contributed by atoms with Crippen molar-refractivity contribution in [3.8, 4) is 0 Å². The lowest BCUT2D eigenvalue weighted by Crippen LogP contribution is -2.30. The Kier molecular flexibility index (Phi) is 7.19. The highest BCUT2D eigenvalue weighted by atomic mass is 16.1. The number of hydrogen-bond donors (Lipinski definition) is 2. The number of fused-ring (bicyclic) bond motifs is 1. The average molecular weight is 343 g/mol. The molecule has 0 atom stereocenters. The minimum atomic E-state index is -0.104. The van der Waals surface area contributed by atoms with E-state index in [2.05, 4.69) is 29.0 Å². The fourth-order valence-corrected chi connectivity index (χ4v) is 2.95. The molecule has 5 heteroatoms. The van der Waals surface area contributed by atoms with Crippen LogP contribution in [0.2, 0.25) is 0 Å². The minimum absolute atomic E-state index is 0.00273. The van der Waals surface area contributed by atoms with Crippen LogP contribution in [0.3, 0.4) is 0 Å². The van der Waals surface area contributed by atoms with Crippen molar-refractivity contribution >= 4 is 16.8 Å². The first-order valence-electron chi connectivity index (χ1n) is 9.15. The Morgan fingerprint density at radius 2 is 1.96 bits per heavy atom. The van der Waals surface area contributed by atoms with Crippen molar-refractivity contribution in [3.05, 3.63) is 45.7 Å². The Labute approximate surface area is 149 Å². The molecule has 2 aromatic rings. The quantitative estimate of drug-likeness (QED) is 0.688. The van der Waals surface area contributed by atoms with Gasteiger partial charge in [0.2, 0.25) is 5.91 Å². The summed E-state index contributed by atoms with van der Waals surface area (Å²) in [6, 6.07) is 7.87. The monoisotopic (exact) mass is 343 g/mol. The van der Waals surface area contributed by atoms with Crippen LogP contribution in [-0.2, 0) is 11.2 Å². The molecule has 1 amide bonds. The normalized spacial score (nSPS) is 11.2. The molecule has 1 aromatic heterocycles. The van der Waals surface area contributed by atoms with Crippen LogP contribution in [0.25, 0.3) is 10.9 Å². The molecule has 0 bridgehead atoms. The fraction of sp³-hybridized carbons (Fsp3) is 0.500. The second kappa shape index (κ2) is 9.37. The summed E-state index contributed by atoms with van der Waals surface area (Å²) in [5.41, 5.74) is 2.51. The molecule has 0 saturated carbocycles. The van der Waals surface area contributed by atoms with Crippen LogP contribution in [-0.4, -0.2) is 42.0 Å². The maximum Gasteiger partial charge on any atom is 0.251 e. The smallest absolute Gasteiger partial charge is 0.251 e. The number of carbonyl (C=O) groups excluding carboxylic acids is 1. The first-order valence-corrected chi connectivity index (χ1v) is 9.15. The molecule has 0 aliphatic rings. The predicted molar refractivity (Wildman–Crippen MR) is 103 cm³/mol. The summed E-state index contributed by atoms with van der Waals surface area (Å²) < 4.78 is 0. The third-order valence-corrected chi connectivity index (χ3v) is 4.57. The summed E-state index contributed by atoms with van der Waals surface area (Å²) in [7, 11) is 0. The van der Waals surface area contributed by atoms with Gasteiger partial charge >= 0.3 is 0 Å². The molecule has 0 radical (unpaired) electrons. The summed E-state index contributed by atoms with van der Waals surface area (Å²) in [4.78, 5) is 29.4. The zero-order valence-corrected chi connectivity index (χ0v) is 15.5. The number of nitrogens with one attached hydrogen (secondary N) is 2. The van der Waals surface area contributed by atoms with Crippen molar-refractivity contribution in [1.82, 2.24) is 15.2 Å². The molecule has 0 aliphatic carbocycles. The summed E-state index contributed by atoms with van der Waals surface area (Å²) >= 11 is 0. The molecular weight excluding hydrogens is 314 g/mol. The molecule has 0 fully saturated rings. The van der Waals surface area contributed by atoms with Crippen molar-refractivity contribution in [1.29, 1.82) is 0 Å². The lowest BCUT2D eigenvalue weighted by atomic mass is 10.1. The number of aromatic amines is 1. The molecule has 1 aromatic carbocycles. The number of pyridine rings is 1. The van der Waals surface area contributed by atoms with E-state index in [1.165, 1.54) is 0 Å². The highest BCUT2D eigenvalue weighted by molar-refractivity contribution is 5.80. The SMILES string of the molecule is CCN(CC)CCCNC(=O)CCc1cc2ccc(C)cc2[nH]c1=O. The third kappa shape index (κ3) is 5.71. The Hall–Kier alpha value is -2.14. The Balaban J connectivity index is 1.83. The Morgan fingerprint density at radius 3 is 2.68 bits per heavy atom. The van der Waals surface area contributed by atoms with Gasteiger partial charge < -0.3 is 15.2 Å². The van der Waals surface area contributed by atoms with E-state index in [0.29, 0.717) is 24.9 Å². The lowest BCUT2D eigenvalue weighted by molar-refractivity contribution is -0.121. The number of rotatable bonds is 9. The second-order valence-corrected chi connectivity index (χ2v) is 6.44. The van der Waals surface area contributed by atoms with E-state index >= 15 is 0 Å². The van der Waals surface area contributed by atoms with Crippen molar-refractivity contribution in [3.63, 3.8) is 0 Å². The number of hydrogen-bond acceptors (Lipinski definition) is 3. The molecule has 136 valence electrons. The summed E-state index contributed by atoms with van der Waals surface area (Å²) in [5, 5.41) is 3.94. The van der Waals surface area contributed by atoms with Gasteiger partial charge in [-0.3, -0.25) is 9.59 Å². The van der Waals surface area contributed by atoms with Gasteiger partial charge in [0.05, 0.1) is 0 Å². The Bertz CT molecular complexity index is 763. The number of benzene rings is 1. The van der Waals surface area contributed by atoms with Crippen LogP contribution >= 0.6 is 0 Å². The molecule has 1 heterocycles. The number of aromatic nitrogens is 1. The van der Waals surface area contributed by atoms with Gasteiger partial charge in [-0.25, -0.2) is 0 Å². The number of nitrogens with zero attached hydrogens (tertiary/aromatic N) is 1. The predicted octanol–water partition coefficient (Wildman–Crippen LogP) is 2.62. The molecule has 0 spiro atoms. The molecule has 5 nitrogen and oxygen atoms in total. The van der Waals surface area contributed by atoms with Crippen molar-refractivity contribution in [2.75, 3.05) is 26.2 Å². The average Bonchev–Trinajstić information content (AvgIpc) is 2.60. The van der Waals surface area contributed by atoms with Crippen molar-refractivity contribution in [2.24, 2.45) is 0 Å². The van der Waals surface area contributed by atoms with Gasteiger partial charge in [0.15, 0.2) is 0 Å². The van der Waals surface area contributed by atoms with E-state index in [1.807, 2.05) is 31.2 Å². The zero-order chi connectivity index (χ0) is 18.2. The van der Waals surface area contributed by atoms with E-state index in [0.717, 1.165) is 42.5 Å². The summed E-state index contributed by atoms with van der Waals surface area (Å²) in [6.07, 6.45) is 1.75. The van der Waals surface area contributed by atoms with E-state index in [9.17, 15) is 9.59 Å². The van der Waals surface area contributed by atoms with Crippen LogP contribution in [0.1, 0.15) is 37.8 Å². The molecule has 0 unspecified atom stereocenters. The molecule has 2 N–H and O–H groups in total. The van der Waals surface area contributed by atoms with Crippen molar-refractivity contribution in [2.45, 2.75) is 40.0 Å². The first-order chi connectivity index (χ1) is 12.0. The lowest BCUT2D eigenvalue weighted by Gasteiger charge is -2.17. The second-order valence-electron chi connectivity index (χ2n) is 6.44. The fourth-order valence-electron chi connectivity index (χ4n) is 2.95. The van der Waals surface area contributed by atoms with Crippen LogP contribution in [0.15, 0.2) is 29.1 Å². The van der Waals surface area contributed by atoms with E-state index in [1.54, 1.807) is 0 Å². The van der Waals surface area contributed by atoms with E-state index in [-0.39, 0.29) is 11.5 Å². The van der Waals surface area contributed by atoms with Gasteiger partial charge in [-0.15, -0.1) is 0 Å². The number of carbonyl (C=O) groups is 1. The maximum atomic E-state index is 12.2. The zero-order valence-electron chi connectivity index (χ0n) is 15.5. The molecular formula is C20H29N3O2. The van der Waals surface area contributed by atoms with Gasteiger partial charge in [-0.1, -0.05) is 26.0 Å². The standard InChI is InChI=1S/C20H29N3O2/c1-4-23(5-2)12-6-11-21-19(24)10-9-17-14-16-8-7-15(3)13-18(16)22-20(17)25/h7-8,13-14H,4-6,9-12H2,1-3H3,(H,21,24)(H,22,25). The number of aryl methyl sites for hydroxylation is 2. The van der Waals surface area contributed by atoms with Crippen LogP contribution in [0, 0.1) is 6.92 Å². The summed E-state index contributed by atoms with van der Waals surface area (Å²) in [6.45, 7) is 10.0. The number of H-pyrrole nitrogens is 1. The molecule has 0 saturated heterocycles. The molecule has 0 aliphatic heterocycles. The van der Waals surface area contributed by atoms with Crippen molar-refractivity contribution < 1.29 is 4.79 Å². The number of amides is 1. The van der Waals surface area contributed by atoms with E-state index < -0.39 is 0 Å².